The number of hydrogen-bond donors (Lipinski definition) is 0. The molecule has 1 aliphatic heterocycles. The smallest absolute Gasteiger partial charge is 0.282 e. The van der Waals surface area contributed by atoms with E-state index in [2.05, 4.69) is 5.10 Å². The standard InChI is InChI=1S/C19H18Cl2N4O3S/c20-17-12-22-25(19(26)18(17)21)13-23-7-9-24(10-8-23)29(27,28)16-6-5-14-3-1-2-4-15(14)11-16/h1-6,11-12H,7-10,13H2. The molecule has 0 atom stereocenters. The van der Waals surface area contributed by atoms with Gasteiger partial charge in [-0.2, -0.15) is 9.40 Å². The van der Waals surface area contributed by atoms with E-state index in [0.29, 0.717) is 26.2 Å². The van der Waals surface area contributed by atoms with E-state index >= 15 is 0 Å². The van der Waals surface area contributed by atoms with Crippen LogP contribution in [-0.2, 0) is 16.7 Å². The van der Waals surface area contributed by atoms with Crippen molar-refractivity contribution >= 4 is 44.0 Å². The van der Waals surface area contributed by atoms with Crippen molar-refractivity contribution in [2.45, 2.75) is 11.6 Å². The Balaban J connectivity index is 1.47. The SMILES string of the molecule is O=c1c(Cl)c(Cl)cnn1CN1CCN(S(=O)(=O)c2ccc3ccccc3c2)CC1. The third-order valence-electron chi connectivity index (χ3n) is 4.97. The Morgan fingerprint density at radius 2 is 1.66 bits per heavy atom. The van der Waals surface area contributed by atoms with Crippen LogP contribution < -0.4 is 5.56 Å². The fourth-order valence-corrected chi connectivity index (χ4v) is 5.05. The van der Waals surface area contributed by atoms with Crippen LogP contribution in [0.15, 0.2) is 58.4 Å². The molecule has 0 bridgehead atoms. The maximum Gasteiger partial charge on any atom is 0.288 e. The van der Waals surface area contributed by atoms with Crippen LogP contribution in [0.4, 0.5) is 0 Å². The number of sulfonamides is 1. The van der Waals surface area contributed by atoms with Crippen molar-refractivity contribution in [3.8, 4) is 0 Å². The van der Waals surface area contributed by atoms with Gasteiger partial charge < -0.3 is 0 Å². The average molecular weight is 453 g/mol. The van der Waals surface area contributed by atoms with Crippen LogP contribution >= 0.6 is 23.2 Å². The number of aromatic nitrogens is 2. The van der Waals surface area contributed by atoms with Gasteiger partial charge in [0.15, 0.2) is 0 Å². The van der Waals surface area contributed by atoms with Gasteiger partial charge in [-0.25, -0.2) is 13.1 Å². The quantitative estimate of drug-likeness (QED) is 0.607. The number of hydrogen-bond acceptors (Lipinski definition) is 5. The molecular weight excluding hydrogens is 435 g/mol. The maximum absolute atomic E-state index is 13.0. The van der Waals surface area contributed by atoms with Crippen LogP contribution in [0.3, 0.4) is 0 Å². The summed E-state index contributed by atoms with van der Waals surface area (Å²) >= 11 is 11.7. The summed E-state index contributed by atoms with van der Waals surface area (Å²) < 4.78 is 28.8. The van der Waals surface area contributed by atoms with Crippen molar-refractivity contribution in [2.75, 3.05) is 26.2 Å². The molecule has 152 valence electrons. The fourth-order valence-electron chi connectivity index (χ4n) is 3.32. The summed E-state index contributed by atoms with van der Waals surface area (Å²) in [7, 11) is -3.59. The van der Waals surface area contributed by atoms with Crippen LogP contribution in [0.2, 0.25) is 10.0 Å². The predicted molar refractivity (Wildman–Crippen MR) is 113 cm³/mol. The lowest BCUT2D eigenvalue weighted by molar-refractivity contribution is 0.143. The highest BCUT2D eigenvalue weighted by molar-refractivity contribution is 7.89. The molecule has 4 rings (SSSR count). The van der Waals surface area contributed by atoms with Gasteiger partial charge in [0.05, 0.1) is 22.8 Å². The molecule has 0 aliphatic carbocycles. The Bertz CT molecular complexity index is 1220. The van der Waals surface area contributed by atoms with Gasteiger partial charge in [-0.15, -0.1) is 0 Å². The highest BCUT2D eigenvalue weighted by Gasteiger charge is 2.29. The van der Waals surface area contributed by atoms with Gasteiger partial charge in [-0.05, 0) is 22.9 Å². The van der Waals surface area contributed by atoms with E-state index in [1.807, 2.05) is 35.2 Å². The third kappa shape index (κ3) is 4.04. The zero-order valence-corrected chi connectivity index (χ0v) is 17.7. The number of piperazine rings is 1. The van der Waals surface area contributed by atoms with Crippen LogP contribution in [0.1, 0.15) is 0 Å². The highest BCUT2D eigenvalue weighted by Crippen LogP contribution is 2.23. The van der Waals surface area contributed by atoms with E-state index in [0.717, 1.165) is 10.8 Å². The molecule has 10 heteroatoms. The van der Waals surface area contributed by atoms with Gasteiger partial charge in [0.1, 0.15) is 5.02 Å². The molecule has 0 N–H and O–H groups in total. The van der Waals surface area contributed by atoms with Crippen molar-refractivity contribution < 1.29 is 8.42 Å². The summed E-state index contributed by atoms with van der Waals surface area (Å²) in [5, 5.41) is 5.91. The molecule has 0 radical (unpaired) electrons. The molecule has 1 saturated heterocycles. The molecule has 1 aliphatic rings. The summed E-state index contributed by atoms with van der Waals surface area (Å²) in [5.74, 6) is 0. The van der Waals surface area contributed by atoms with Gasteiger partial charge in [0.25, 0.3) is 5.56 Å². The minimum Gasteiger partial charge on any atom is -0.282 e. The number of halogens is 2. The number of fused-ring (bicyclic) bond motifs is 1. The van der Waals surface area contributed by atoms with E-state index in [1.54, 1.807) is 12.1 Å². The molecule has 3 aromatic rings. The maximum atomic E-state index is 13.0. The first-order valence-corrected chi connectivity index (χ1v) is 11.2. The largest absolute Gasteiger partial charge is 0.288 e. The molecular formula is C19H18Cl2N4O3S. The summed E-state index contributed by atoms with van der Waals surface area (Å²) in [6, 6.07) is 12.8. The lowest BCUT2D eigenvalue weighted by atomic mass is 10.1. The van der Waals surface area contributed by atoms with Crippen molar-refractivity contribution in [1.29, 1.82) is 0 Å². The van der Waals surface area contributed by atoms with Crippen LogP contribution in [0, 0.1) is 0 Å². The van der Waals surface area contributed by atoms with Crippen LogP contribution in [0.25, 0.3) is 10.8 Å². The zero-order valence-electron chi connectivity index (χ0n) is 15.3. The first kappa shape index (κ1) is 20.3. The summed E-state index contributed by atoms with van der Waals surface area (Å²) in [4.78, 5) is 14.4. The number of benzene rings is 2. The number of rotatable bonds is 4. The topological polar surface area (TPSA) is 75.5 Å². The van der Waals surface area contributed by atoms with Crippen molar-refractivity contribution in [3.05, 3.63) is 69.1 Å². The lowest BCUT2D eigenvalue weighted by Crippen LogP contribution is -2.49. The average Bonchev–Trinajstić information content (AvgIpc) is 2.74. The fraction of sp³-hybridized carbons (Fsp3) is 0.263. The van der Waals surface area contributed by atoms with Crippen LogP contribution in [-0.4, -0.2) is 53.6 Å². The molecule has 0 amide bonds. The molecule has 0 spiro atoms. The Morgan fingerprint density at radius 1 is 0.966 bits per heavy atom. The number of nitrogens with zero attached hydrogens (tertiary/aromatic N) is 4. The van der Waals surface area contributed by atoms with Crippen LogP contribution in [0.5, 0.6) is 0 Å². The molecule has 1 aromatic heterocycles. The minimum atomic E-state index is -3.59. The minimum absolute atomic E-state index is 0.0702. The molecule has 0 saturated carbocycles. The summed E-state index contributed by atoms with van der Waals surface area (Å²) in [6.45, 7) is 1.82. The van der Waals surface area contributed by atoms with E-state index in [9.17, 15) is 13.2 Å². The molecule has 29 heavy (non-hydrogen) atoms. The van der Waals surface area contributed by atoms with E-state index in [1.165, 1.54) is 15.2 Å². The molecule has 7 nitrogen and oxygen atoms in total. The second-order valence-electron chi connectivity index (χ2n) is 6.78. The van der Waals surface area contributed by atoms with Crippen molar-refractivity contribution in [1.82, 2.24) is 19.0 Å². The first-order chi connectivity index (χ1) is 13.9. The summed E-state index contributed by atoms with van der Waals surface area (Å²) in [5.41, 5.74) is -0.467. The monoisotopic (exact) mass is 452 g/mol. The molecule has 2 aromatic carbocycles. The first-order valence-electron chi connectivity index (χ1n) is 8.99. The Morgan fingerprint density at radius 3 is 2.38 bits per heavy atom. The van der Waals surface area contributed by atoms with Gasteiger partial charge in [0, 0.05) is 26.2 Å². The predicted octanol–water partition coefficient (Wildman–Crippen LogP) is 2.67. The Kier molecular flexibility index (Phi) is 5.63. The molecule has 2 heterocycles. The second kappa shape index (κ2) is 8.04. The van der Waals surface area contributed by atoms with E-state index in [4.69, 9.17) is 23.2 Å². The lowest BCUT2D eigenvalue weighted by Gasteiger charge is -2.33. The van der Waals surface area contributed by atoms with Gasteiger partial charge >= 0.3 is 0 Å². The highest BCUT2D eigenvalue weighted by atomic mass is 35.5. The Labute approximate surface area is 178 Å². The van der Waals surface area contributed by atoms with Gasteiger partial charge in [-0.3, -0.25) is 9.69 Å². The normalized spacial score (nSPS) is 16.3. The van der Waals surface area contributed by atoms with E-state index < -0.39 is 15.6 Å². The molecule has 0 unspecified atom stereocenters. The van der Waals surface area contributed by atoms with Crippen molar-refractivity contribution in [3.63, 3.8) is 0 Å². The Hall–Kier alpha value is -1.97. The third-order valence-corrected chi connectivity index (χ3v) is 7.61. The van der Waals surface area contributed by atoms with Gasteiger partial charge in [0.2, 0.25) is 10.0 Å². The molecule has 1 fully saturated rings. The second-order valence-corrected chi connectivity index (χ2v) is 9.51. The zero-order chi connectivity index (χ0) is 20.6. The van der Waals surface area contributed by atoms with E-state index in [-0.39, 0.29) is 21.6 Å². The summed E-state index contributed by atoms with van der Waals surface area (Å²) in [6.07, 6.45) is 1.33. The van der Waals surface area contributed by atoms with Crippen molar-refractivity contribution in [2.24, 2.45) is 0 Å². The van der Waals surface area contributed by atoms with Gasteiger partial charge in [-0.1, -0.05) is 53.5 Å².